The van der Waals surface area contributed by atoms with Crippen molar-refractivity contribution in [1.82, 2.24) is 10.2 Å². The number of nitrogens with zero attached hydrogens (tertiary/aromatic N) is 1. The van der Waals surface area contributed by atoms with Gasteiger partial charge >= 0.3 is 0 Å². The molecule has 1 aliphatic carbocycles. The van der Waals surface area contributed by atoms with E-state index in [1.54, 1.807) is 0 Å². The first-order valence-corrected chi connectivity index (χ1v) is 6.81. The van der Waals surface area contributed by atoms with E-state index in [1.165, 1.54) is 19.3 Å². The molecule has 96 valence electrons. The van der Waals surface area contributed by atoms with E-state index in [4.69, 9.17) is 0 Å². The third-order valence-corrected chi connectivity index (χ3v) is 4.34. The maximum Gasteiger partial charge on any atom is 0.0115 e. The van der Waals surface area contributed by atoms with E-state index in [9.17, 15) is 0 Å². The Bertz CT molecular complexity index is 207. The summed E-state index contributed by atoms with van der Waals surface area (Å²) in [5.41, 5.74) is 0.380. The lowest BCUT2D eigenvalue weighted by atomic mass is 9.86. The fourth-order valence-electron chi connectivity index (χ4n) is 2.73. The third kappa shape index (κ3) is 3.46. The molecule has 0 amide bonds. The van der Waals surface area contributed by atoms with Gasteiger partial charge in [-0.15, -0.1) is 0 Å². The molecule has 1 saturated carbocycles. The highest BCUT2D eigenvalue weighted by Gasteiger charge is 2.32. The average Bonchev–Trinajstić information content (AvgIpc) is 2.63. The number of hydrogen-bond acceptors (Lipinski definition) is 2. The van der Waals surface area contributed by atoms with E-state index in [0.29, 0.717) is 11.5 Å². The van der Waals surface area contributed by atoms with Crippen LogP contribution in [-0.2, 0) is 0 Å². The zero-order valence-corrected chi connectivity index (χ0v) is 12.0. The monoisotopic (exact) mass is 226 g/mol. The standard InChI is InChI=1S/C14H30N2/c1-7-15-12-8-9-13(10-12)16(6)11(2)14(3,4)5/h11-13,15H,7-10H2,1-6H3. The SMILES string of the molecule is CCNC1CCC(N(C)C(C)C(C)(C)C)C1. The van der Waals surface area contributed by atoms with Crippen molar-refractivity contribution in [2.24, 2.45) is 5.41 Å². The van der Waals surface area contributed by atoms with E-state index >= 15 is 0 Å². The summed E-state index contributed by atoms with van der Waals surface area (Å²) in [7, 11) is 2.30. The molecule has 1 aliphatic rings. The Labute approximate surface area is 102 Å². The number of rotatable bonds is 4. The van der Waals surface area contributed by atoms with Crippen LogP contribution in [0.1, 0.15) is 53.9 Å². The van der Waals surface area contributed by atoms with Crippen LogP contribution in [0.5, 0.6) is 0 Å². The quantitative estimate of drug-likeness (QED) is 0.793. The Kier molecular flexibility index (Phi) is 4.81. The number of nitrogens with one attached hydrogen (secondary N) is 1. The zero-order chi connectivity index (χ0) is 12.3. The molecular weight excluding hydrogens is 196 g/mol. The molecule has 0 aromatic rings. The fraction of sp³-hybridized carbons (Fsp3) is 1.00. The van der Waals surface area contributed by atoms with Crippen molar-refractivity contribution in [2.45, 2.75) is 72.0 Å². The Morgan fingerprint density at radius 1 is 1.31 bits per heavy atom. The third-order valence-electron chi connectivity index (χ3n) is 4.34. The molecule has 0 aromatic heterocycles. The maximum absolute atomic E-state index is 3.58. The van der Waals surface area contributed by atoms with Gasteiger partial charge in [-0.1, -0.05) is 27.7 Å². The summed E-state index contributed by atoms with van der Waals surface area (Å²) in [4.78, 5) is 2.59. The summed E-state index contributed by atoms with van der Waals surface area (Å²) in [6.07, 6.45) is 4.03. The molecular formula is C14H30N2. The average molecular weight is 226 g/mol. The zero-order valence-electron chi connectivity index (χ0n) is 12.0. The lowest BCUT2D eigenvalue weighted by molar-refractivity contribution is 0.0983. The number of hydrogen-bond donors (Lipinski definition) is 1. The van der Waals surface area contributed by atoms with Gasteiger partial charge < -0.3 is 10.2 Å². The normalized spacial score (nSPS) is 28.7. The van der Waals surface area contributed by atoms with Gasteiger partial charge in [0.15, 0.2) is 0 Å². The van der Waals surface area contributed by atoms with Crippen molar-refractivity contribution >= 4 is 0 Å². The van der Waals surface area contributed by atoms with Crippen LogP contribution in [0, 0.1) is 5.41 Å². The molecule has 3 atom stereocenters. The van der Waals surface area contributed by atoms with Gasteiger partial charge in [0.05, 0.1) is 0 Å². The van der Waals surface area contributed by atoms with Gasteiger partial charge in [-0.25, -0.2) is 0 Å². The molecule has 1 N–H and O–H groups in total. The molecule has 2 nitrogen and oxygen atoms in total. The van der Waals surface area contributed by atoms with Crippen LogP contribution in [-0.4, -0.2) is 36.6 Å². The summed E-state index contributed by atoms with van der Waals surface area (Å²) in [6.45, 7) is 12.7. The first-order chi connectivity index (χ1) is 7.36. The van der Waals surface area contributed by atoms with Gasteiger partial charge in [-0.05, 0) is 45.2 Å². The molecule has 2 heteroatoms. The van der Waals surface area contributed by atoms with Crippen molar-refractivity contribution in [3.63, 3.8) is 0 Å². The second-order valence-electron chi connectivity index (χ2n) is 6.43. The van der Waals surface area contributed by atoms with Gasteiger partial charge in [0.25, 0.3) is 0 Å². The Balaban J connectivity index is 2.47. The highest BCUT2D eigenvalue weighted by molar-refractivity contribution is 4.89. The minimum absolute atomic E-state index is 0.380. The van der Waals surface area contributed by atoms with Gasteiger partial charge in [-0.2, -0.15) is 0 Å². The molecule has 16 heavy (non-hydrogen) atoms. The first kappa shape index (κ1) is 14.0. The maximum atomic E-state index is 3.58. The molecule has 0 aliphatic heterocycles. The minimum atomic E-state index is 0.380. The largest absolute Gasteiger partial charge is 0.314 e. The highest BCUT2D eigenvalue weighted by atomic mass is 15.2. The summed E-state index contributed by atoms with van der Waals surface area (Å²) in [5.74, 6) is 0. The lowest BCUT2D eigenvalue weighted by Crippen LogP contribution is -2.45. The van der Waals surface area contributed by atoms with Crippen LogP contribution in [0.4, 0.5) is 0 Å². The second kappa shape index (κ2) is 5.50. The predicted molar refractivity (Wildman–Crippen MR) is 71.8 cm³/mol. The molecule has 0 spiro atoms. The molecule has 0 aromatic carbocycles. The summed E-state index contributed by atoms with van der Waals surface area (Å²) < 4.78 is 0. The molecule has 0 bridgehead atoms. The van der Waals surface area contributed by atoms with Gasteiger partial charge in [0.2, 0.25) is 0 Å². The second-order valence-corrected chi connectivity index (χ2v) is 6.43. The summed E-state index contributed by atoms with van der Waals surface area (Å²) >= 11 is 0. The van der Waals surface area contributed by atoms with Gasteiger partial charge in [0.1, 0.15) is 0 Å². The van der Waals surface area contributed by atoms with E-state index in [2.05, 4.69) is 51.9 Å². The Morgan fingerprint density at radius 2 is 1.94 bits per heavy atom. The topological polar surface area (TPSA) is 15.3 Å². The van der Waals surface area contributed by atoms with E-state index in [1.807, 2.05) is 0 Å². The lowest BCUT2D eigenvalue weighted by Gasteiger charge is -2.39. The molecule has 1 rings (SSSR count). The Morgan fingerprint density at radius 3 is 2.44 bits per heavy atom. The van der Waals surface area contributed by atoms with Crippen molar-refractivity contribution in [1.29, 1.82) is 0 Å². The molecule has 0 saturated heterocycles. The van der Waals surface area contributed by atoms with E-state index in [-0.39, 0.29) is 0 Å². The van der Waals surface area contributed by atoms with E-state index < -0.39 is 0 Å². The van der Waals surface area contributed by atoms with Gasteiger partial charge in [-0.3, -0.25) is 0 Å². The molecule has 0 radical (unpaired) electrons. The molecule has 3 unspecified atom stereocenters. The molecule has 1 fully saturated rings. The minimum Gasteiger partial charge on any atom is -0.314 e. The predicted octanol–water partition coefficient (Wildman–Crippen LogP) is 2.88. The van der Waals surface area contributed by atoms with E-state index in [0.717, 1.165) is 18.6 Å². The first-order valence-electron chi connectivity index (χ1n) is 6.81. The van der Waals surface area contributed by atoms with Crippen LogP contribution < -0.4 is 5.32 Å². The van der Waals surface area contributed by atoms with Crippen LogP contribution >= 0.6 is 0 Å². The smallest absolute Gasteiger partial charge is 0.0115 e. The van der Waals surface area contributed by atoms with Crippen LogP contribution in [0.2, 0.25) is 0 Å². The van der Waals surface area contributed by atoms with Crippen molar-refractivity contribution < 1.29 is 0 Å². The van der Waals surface area contributed by atoms with Crippen molar-refractivity contribution in [3.8, 4) is 0 Å². The van der Waals surface area contributed by atoms with Crippen LogP contribution in [0.3, 0.4) is 0 Å². The van der Waals surface area contributed by atoms with Crippen LogP contribution in [0.15, 0.2) is 0 Å². The van der Waals surface area contributed by atoms with Gasteiger partial charge in [0, 0.05) is 18.1 Å². The molecule has 0 heterocycles. The summed E-state index contributed by atoms with van der Waals surface area (Å²) in [6, 6.07) is 2.18. The van der Waals surface area contributed by atoms with Crippen LogP contribution in [0.25, 0.3) is 0 Å². The van der Waals surface area contributed by atoms with Crippen molar-refractivity contribution in [2.75, 3.05) is 13.6 Å². The summed E-state index contributed by atoms with van der Waals surface area (Å²) in [5, 5.41) is 3.58. The Hall–Kier alpha value is -0.0800. The van der Waals surface area contributed by atoms with Crippen molar-refractivity contribution in [3.05, 3.63) is 0 Å². The highest BCUT2D eigenvalue weighted by Crippen LogP contribution is 2.30. The fourth-order valence-corrected chi connectivity index (χ4v) is 2.73.